The van der Waals surface area contributed by atoms with Crippen LogP contribution in [0.3, 0.4) is 0 Å². The highest BCUT2D eigenvalue weighted by molar-refractivity contribution is 5.85. The summed E-state index contributed by atoms with van der Waals surface area (Å²) < 4.78 is 0. The molecule has 0 fully saturated rings. The summed E-state index contributed by atoms with van der Waals surface area (Å²) >= 11 is 0. The SMILES string of the molecule is CC(NC(=O)O)C(=O)N1CCc2cnccc2C1. The van der Waals surface area contributed by atoms with Gasteiger partial charge in [-0.1, -0.05) is 0 Å². The zero-order valence-electron chi connectivity index (χ0n) is 10.1. The molecule has 1 aliphatic heterocycles. The molecule has 1 atom stereocenters. The molecule has 2 rings (SSSR count). The van der Waals surface area contributed by atoms with Crippen molar-refractivity contribution in [3.8, 4) is 0 Å². The molecule has 0 saturated heterocycles. The first-order chi connectivity index (χ1) is 8.58. The second kappa shape index (κ2) is 5.03. The van der Waals surface area contributed by atoms with E-state index in [4.69, 9.17) is 5.11 Å². The first-order valence-electron chi connectivity index (χ1n) is 5.78. The molecule has 1 aromatic heterocycles. The fourth-order valence-corrected chi connectivity index (χ4v) is 2.08. The van der Waals surface area contributed by atoms with Gasteiger partial charge < -0.3 is 15.3 Å². The van der Waals surface area contributed by atoms with Crippen LogP contribution in [0.5, 0.6) is 0 Å². The van der Waals surface area contributed by atoms with Crippen LogP contribution in [0.2, 0.25) is 0 Å². The molecular weight excluding hydrogens is 234 g/mol. The van der Waals surface area contributed by atoms with E-state index in [0.29, 0.717) is 13.1 Å². The molecule has 6 heteroatoms. The molecule has 1 unspecified atom stereocenters. The second-order valence-corrected chi connectivity index (χ2v) is 4.33. The summed E-state index contributed by atoms with van der Waals surface area (Å²) in [5.41, 5.74) is 2.23. The topological polar surface area (TPSA) is 82.5 Å². The number of hydrogen-bond donors (Lipinski definition) is 2. The highest BCUT2D eigenvalue weighted by Gasteiger charge is 2.25. The molecule has 0 radical (unpaired) electrons. The quantitative estimate of drug-likeness (QED) is 0.805. The third-order valence-corrected chi connectivity index (χ3v) is 3.04. The lowest BCUT2D eigenvalue weighted by molar-refractivity contribution is -0.133. The maximum Gasteiger partial charge on any atom is 0.405 e. The Morgan fingerprint density at radius 2 is 2.28 bits per heavy atom. The van der Waals surface area contributed by atoms with Crippen molar-refractivity contribution in [1.82, 2.24) is 15.2 Å². The second-order valence-electron chi connectivity index (χ2n) is 4.33. The average molecular weight is 249 g/mol. The van der Waals surface area contributed by atoms with Crippen molar-refractivity contribution in [2.75, 3.05) is 6.54 Å². The van der Waals surface area contributed by atoms with Crippen LogP contribution in [-0.4, -0.2) is 39.6 Å². The minimum Gasteiger partial charge on any atom is -0.465 e. The van der Waals surface area contributed by atoms with Gasteiger partial charge in [-0.25, -0.2) is 4.79 Å². The van der Waals surface area contributed by atoms with Crippen LogP contribution >= 0.6 is 0 Å². The average Bonchev–Trinajstić information content (AvgIpc) is 2.36. The van der Waals surface area contributed by atoms with E-state index in [-0.39, 0.29) is 5.91 Å². The summed E-state index contributed by atoms with van der Waals surface area (Å²) in [7, 11) is 0. The Morgan fingerprint density at radius 1 is 1.50 bits per heavy atom. The number of rotatable bonds is 2. The van der Waals surface area contributed by atoms with E-state index >= 15 is 0 Å². The molecule has 2 heterocycles. The molecule has 0 bridgehead atoms. The van der Waals surface area contributed by atoms with Gasteiger partial charge in [-0.05, 0) is 30.5 Å². The lowest BCUT2D eigenvalue weighted by atomic mass is 10.0. The van der Waals surface area contributed by atoms with Gasteiger partial charge in [0.25, 0.3) is 0 Å². The molecule has 96 valence electrons. The number of amides is 2. The van der Waals surface area contributed by atoms with Crippen molar-refractivity contribution in [3.05, 3.63) is 29.6 Å². The number of hydrogen-bond acceptors (Lipinski definition) is 3. The monoisotopic (exact) mass is 249 g/mol. The number of aromatic nitrogens is 1. The predicted octanol–water partition coefficient (Wildman–Crippen LogP) is 0.622. The van der Waals surface area contributed by atoms with Crippen molar-refractivity contribution in [2.45, 2.75) is 25.9 Å². The van der Waals surface area contributed by atoms with Crippen LogP contribution in [0.4, 0.5) is 4.79 Å². The van der Waals surface area contributed by atoms with Gasteiger partial charge in [0.05, 0.1) is 0 Å². The Balaban J connectivity index is 2.04. The highest BCUT2D eigenvalue weighted by atomic mass is 16.4. The molecule has 2 N–H and O–H groups in total. The number of nitrogens with zero attached hydrogens (tertiary/aromatic N) is 2. The number of carboxylic acid groups (broad SMARTS) is 1. The molecule has 18 heavy (non-hydrogen) atoms. The summed E-state index contributed by atoms with van der Waals surface area (Å²) in [6.45, 7) is 2.67. The van der Waals surface area contributed by atoms with Crippen LogP contribution in [0.15, 0.2) is 18.5 Å². The fraction of sp³-hybridized carbons (Fsp3) is 0.417. The summed E-state index contributed by atoms with van der Waals surface area (Å²) in [4.78, 5) is 28.3. The third-order valence-electron chi connectivity index (χ3n) is 3.04. The van der Waals surface area contributed by atoms with E-state index in [0.717, 1.165) is 17.5 Å². The van der Waals surface area contributed by atoms with E-state index in [2.05, 4.69) is 10.3 Å². The van der Waals surface area contributed by atoms with E-state index in [1.807, 2.05) is 12.3 Å². The van der Waals surface area contributed by atoms with Gasteiger partial charge in [0.1, 0.15) is 6.04 Å². The smallest absolute Gasteiger partial charge is 0.405 e. The Bertz CT molecular complexity index is 475. The summed E-state index contributed by atoms with van der Waals surface area (Å²) in [5.74, 6) is -0.195. The number of pyridine rings is 1. The largest absolute Gasteiger partial charge is 0.465 e. The maximum absolute atomic E-state index is 12.0. The Morgan fingerprint density at radius 3 is 3.00 bits per heavy atom. The van der Waals surface area contributed by atoms with Gasteiger partial charge in [0.15, 0.2) is 0 Å². The lowest BCUT2D eigenvalue weighted by Gasteiger charge is -2.30. The Hall–Kier alpha value is -2.11. The molecule has 0 saturated carbocycles. The van der Waals surface area contributed by atoms with Crippen LogP contribution in [0, 0.1) is 0 Å². The zero-order chi connectivity index (χ0) is 13.1. The fourth-order valence-electron chi connectivity index (χ4n) is 2.08. The van der Waals surface area contributed by atoms with Crippen LogP contribution in [-0.2, 0) is 17.8 Å². The van der Waals surface area contributed by atoms with Gasteiger partial charge in [-0.15, -0.1) is 0 Å². The molecule has 1 aromatic rings. The molecule has 2 amide bonds. The Labute approximate surface area is 105 Å². The van der Waals surface area contributed by atoms with Crippen molar-refractivity contribution < 1.29 is 14.7 Å². The third kappa shape index (κ3) is 2.58. The van der Waals surface area contributed by atoms with Crippen molar-refractivity contribution in [3.63, 3.8) is 0 Å². The van der Waals surface area contributed by atoms with E-state index in [1.54, 1.807) is 18.0 Å². The molecule has 0 aliphatic carbocycles. The van der Waals surface area contributed by atoms with Crippen molar-refractivity contribution >= 4 is 12.0 Å². The van der Waals surface area contributed by atoms with Gasteiger partial charge in [-0.3, -0.25) is 9.78 Å². The minimum absolute atomic E-state index is 0.195. The number of carbonyl (C=O) groups is 2. The maximum atomic E-state index is 12.0. The zero-order valence-corrected chi connectivity index (χ0v) is 10.1. The van der Waals surface area contributed by atoms with Crippen LogP contribution < -0.4 is 5.32 Å². The van der Waals surface area contributed by atoms with Gasteiger partial charge >= 0.3 is 6.09 Å². The summed E-state index contributed by atoms with van der Waals surface area (Å²) in [6, 6.07) is 1.18. The van der Waals surface area contributed by atoms with Crippen LogP contribution in [0.25, 0.3) is 0 Å². The highest BCUT2D eigenvalue weighted by Crippen LogP contribution is 2.17. The van der Waals surface area contributed by atoms with Gasteiger partial charge in [-0.2, -0.15) is 0 Å². The van der Waals surface area contributed by atoms with E-state index in [9.17, 15) is 9.59 Å². The summed E-state index contributed by atoms with van der Waals surface area (Å²) in [5, 5.41) is 10.8. The number of carbonyl (C=O) groups excluding carboxylic acids is 1. The van der Waals surface area contributed by atoms with E-state index < -0.39 is 12.1 Å². The van der Waals surface area contributed by atoms with Gasteiger partial charge in [0, 0.05) is 25.5 Å². The molecule has 0 spiro atoms. The first-order valence-corrected chi connectivity index (χ1v) is 5.78. The predicted molar refractivity (Wildman–Crippen MR) is 64.0 cm³/mol. The van der Waals surface area contributed by atoms with Crippen molar-refractivity contribution in [1.29, 1.82) is 0 Å². The summed E-state index contributed by atoms with van der Waals surface area (Å²) in [6.07, 6.45) is 3.09. The number of fused-ring (bicyclic) bond motifs is 1. The molecule has 6 nitrogen and oxygen atoms in total. The first kappa shape index (κ1) is 12.3. The number of nitrogens with one attached hydrogen (secondary N) is 1. The molecular formula is C12H15N3O3. The normalized spacial score (nSPS) is 15.7. The van der Waals surface area contributed by atoms with Crippen LogP contribution in [0.1, 0.15) is 18.1 Å². The molecule has 0 aromatic carbocycles. The Kier molecular flexibility index (Phi) is 3.45. The van der Waals surface area contributed by atoms with E-state index in [1.165, 1.54) is 0 Å². The minimum atomic E-state index is -1.18. The standard InChI is InChI=1S/C12H15N3O3/c1-8(14-12(17)18)11(16)15-5-3-9-6-13-4-2-10(9)7-15/h2,4,6,8,14H,3,5,7H2,1H3,(H,17,18). The van der Waals surface area contributed by atoms with Gasteiger partial charge in [0.2, 0.25) is 5.91 Å². The lowest BCUT2D eigenvalue weighted by Crippen LogP contribution is -2.48. The van der Waals surface area contributed by atoms with Crippen molar-refractivity contribution in [2.24, 2.45) is 0 Å². The molecule has 1 aliphatic rings.